The first kappa shape index (κ1) is 16.8. The van der Waals surface area contributed by atoms with Gasteiger partial charge in [-0.1, -0.05) is 34.1 Å². The summed E-state index contributed by atoms with van der Waals surface area (Å²) in [6.07, 6.45) is 2.06. The molecule has 0 aromatic heterocycles. The molecule has 3 nitrogen and oxygen atoms in total. The Morgan fingerprint density at radius 3 is 2.29 bits per heavy atom. The van der Waals surface area contributed by atoms with Crippen molar-refractivity contribution in [2.24, 2.45) is 5.73 Å². The number of rotatable bonds is 3. The molecule has 0 atom stereocenters. The molecule has 1 aliphatic heterocycles. The summed E-state index contributed by atoms with van der Waals surface area (Å²) in [7, 11) is -0.385. The van der Waals surface area contributed by atoms with Crippen LogP contribution in [0.25, 0.3) is 6.08 Å². The zero-order valence-electron chi connectivity index (χ0n) is 13.4. The third-order valence-corrected chi connectivity index (χ3v) is 5.22. The number of benzene rings is 1. The highest BCUT2D eigenvalue weighted by molar-refractivity contribution is 9.10. The van der Waals surface area contributed by atoms with Crippen molar-refractivity contribution in [3.8, 4) is 0 Å². The predicted molar refractivity (Wildman–Crippen MR) is 92.0 cm³/mol. The summed E-state index contributed by atoms with van der Waals surface area (Å²) in [5.41, 5.74) is 8.46. The van der Waals surface area contributed by atoms with Crippen LogP contribution in [0.2, 0.25) is 0 Å². The second-order valence-electron chi connectivity index (χ2n) is 6.52. The SMILES string of the molecule is Cc1cc(C=C(CN)B2OC(C)(C)C(C)(C)O2)ccc1Br. The Kier molecular flexibility index (Phi) is 4.69. The van der Waals surface area contributed by atoms with Crippen molar-refractivity contribution in [2.45, 2.75) is 45.8 Å². The smallest absolute Gasteiger partial charge is 0.400 e. The maximum absolute atomic E-state index is 6.06. The standard InChI is InChI=1S/C16H23BBrNO2/c1-11-8-12(6-7-14(11)18)9-13(10-19)17-20-15(2,3)16(4,5)21-17/h6-9H,10,19H2,1-5H3. The number of hydrogen-bond acceptors (Lipinski definition) is 3. The Bertz CT molecular complexity index is 553. The van der Waals surface area contributed by atoms with Gasteiger partial charge >= 0.3 is 7.12 Å². The highest BCUT2D eigenvalue weighted by Crippen LogP contribution is 2.38. The Balaban J connectivity index is 2.28. The molecular formula is C16H23BBrNO2. The Hall–Kier alpha value is -0.615. The summed E-state index contributed by atoms with van der Waals surface area (Å²) in [6, 6.07) is 6.21. The first-order valence-electron chi connectivity index (χ1n) is 7.18. The fourth-order valence-electron chi connectivity index (χ4n) is 2.19. The molecule has 1 aliphatic rings. The maximum atomic E-state index is 6.06. The zero-order valence-corrected chi connectivity index (χ0v) is 15.0. The van der Waals surface area contributed by atoms with Gasteiger partial charge in [0.2, 0.25) is 0 Å². The van der Waals surface area contributed by atoms with Crippen LogP contribution in [0.4, 0.5) is 0 Å². The van der Waals surface area contributed by atoms with E-state index in [4.69, 9.17) is 15.0 Å². The molecule has 0 saturated carbocycles. The number of halogens is 1. The molecule has 0 bridgehead atoms. The van der Waals surface area contributed by atoms with Crippen LogP contribution in [0.15, 0.2) is 28.1 Å². The first-order valence-corrected chi connectivity index (χ1v) is 7.98. The Morgan fingerprint density at radius 1 is 1.24 bits per heavy atom. The van der Waals surface area contributed by atoms with Crippen molar-refractivity contribution < 1.29 is 9.31 Å². The molecule has 21 heavy (non-hydrogen) atoms. The van der Waals surface area contributed by atoms with E-state index >= 15 is 0 Å². The average Bonchev–Trinajstić information content (AvgIpc) is 2.59. The highest BCUT2D eigenvalue weighted by Gasteiger charge is 2.52. The minimum atomic E-state index is -0.385. The molecule has 2 rings (SSSR count). The molecule has 0 unspecified atom stereocenters. The summed E-state index contributed by atoms with van der Waals surface area (Å²) in [6.45, 7) is 10.7. The van der Waals surface area contributed by atoms with E-state index in [1.54, 1.807) is 0 Å². The molecule has 1 aromatic carbocycles. The fourth-order valence-corrected chi connectivity index (χ4v) is 2.44. The fraction of sp³-hybridized carbons (Fsp3) is 0.500. The van der Waals surface area contributed by atoms with E-state index < -0.39 is 0 Å². The van der Waals surface area contributed by atoms with Crippen LogP contribution in [-0.2, 0) is 9.31 Å². The van der Waals surface area contributed by atoms with Crippen LogP contribution in [0.3, 0.4) is 0 Å². The van der Waals surface area contributed by atoms with Gasteiger partial charge in [-0.15, -0.1) is 0 Å². The van der Waals surface area contributed by atoms with Crippen LogP contribution >= 0.6 is 15.9 Å². The summed E-state index contributed by atoms with van der Waals surface area (Å²) >= 11 is 3.51. The lowest BCUT2D eigenvalue weighted by atomic mass is 9.77. The van der Waals surface area contributed by atoms with Gasteiger partial charge in [0, 0.05) is 11.0 Å². The van der Waals surface area contributed by atoms with Crippen molar-refractivity contribution in [3.05, 3.63) is 39.3 Å². The summed E-state index contributed by atoms with van der Waals surface area (Å²) < 4.78 is 13.2. The van der Waals surface area contributed by atoms with Gasteiger partial charge in [0.05, 0.1) is 11.2 Å². The van der Waals surface area contributed by atoms with E-state index in [1.165, 1.54) is 5.56 Å². The third-order valence-electron chi connectivity index (χ3n) is 4.33. The van der Waals surface area contributed by atoms with Gasteiger partial charge < -0.3 is 15.0 Å². The lowest BCUT2D eigenvalue weighted by molar-refractivity contribution is 0.00578. The van der Waals surface area contributed by atoms with E-state index in [2.05, 4.69) is 41.1 Å². The molecule has 0 amide bonds. The molecule has 0 aliphatic carbocycles. The Morgan fingerprint density at radius 2 is 1.81 bits per heavy atom. The molecule has 1 heterocycles. The monoisotopic (exact) mass is 351 g/mol. The van der Waals surface area contributed by atoms with Crippen LogP contribution in [-0.4, -0.2) is 24.9 Å². The normalized spacial score (nSPS) is 20.9. The molecule has 2 N–H and O–H groups in total. The second-order valence-corrected chi connectivity index (χ2v) is 7.37. The van der Waals surface area contributed by atoms with Crippen LogP contribution in [0.5, 0.6) is 0 Å². The van der Waals surface area contributed by atoms with E-state index in [0.717, 1.165) is 15.5 Å². The molecular weight excluding hydrogens is 329 g/mol. The van der Waals surface area contributed by atoms with E-state index in [1.807, 2.05) is 33.8 Å². The predicted octanol–water partition coefficient (Wildman–Crippen LogP) is 3.73. The van der Waals surface area contributed by atoms with Gasteiger partial charge in [-0.2, -0.15) is 0 Å². The van der Waals surface area contributed by atoms with Crippen molar-refractivity contribution in [1.29, 1.82) is 0 Å². The molecule has 0 spiro atoms. The van der Waals surface area contributed by atoms with Crippen molar-refractivity contribution in [3.63, 3.8) is 0 Å². The van der Waals surface area contributed by atoms with Gasteiger partial charge in [0.25, 0.3) is 0 Å². The molecule has 1 saturated heterocycles. The van der Waals surface area contributed by atoms with E-state index in [-0.39, 0.29) is 18.3 Å². The Labute approximate surface area is 136 Å². The van der Waals surface area contributed by atoms with Crippen LogP contribution < -0.4 is 5.73 Å². The van der Waals surface area contributed by atoms with Crippen molar-refractivity contribution >= 4 is 29.1 Å². The van der Waals surface area contributed by atoms with Crippen molar-refractivity contribution in [2.75, 3.05) is 6.54 Å². The molecule has 5 heteroatoms. The van der Waals surface area contributed by atoms with Gasteiger partial charge in [0.1, 0.15) is 0 Å². The first-order chi connectivity index (χ1) is 9.66. The average molecular weight is 352 g/mol. The zero-order chi connectivity index (χ0) is 15.8. The van der Waals surface area contributed by atoms with E-state index in [0.29, 0.717) is 6.54 Å². The quantitative estimate of drug-likeness (QED) is 0.844. The molecule has 1 aromatic rings. The lowest BCUT2D eigenvalue weighted by Crippen LogP contribution is -2.41. The summed E-state index contributed by atoms with van der Waals surface area (Å²) in [5.74, 6) is 0. The van der Waals surface area contributed by atoms with Gasteiger partial charge in [0.15, 0.2) is 0 Å². The van der Waals surface area contributed by atoms with Gasteiger partial charge in [-0.3, -0.25) is 0 Å². The number of nitrogens with two attached hydrogens (primary N) is 1. The molecule has 0 radical (unpaired) electrons. The van der Waals surface area contributed by atoms with Crippen LogP contribution in [0.1, 0.15) is 38.8 Å². The summed E-state index contributed by atoms with van der Waals surface area (Å²) in [5, 5.41) is 0. The largest absolute Gasteiger partial charge is 0.491 e. The molecule has 1 fully saturated rings. The highest BCUT2D eigenvalue weighted by atomic mass is 79.9. The topological polar surface area (TPSA) is 44.5 Å². The molecule has 114 valence electrons. The minimum absolute atomic E-state index is 0.346. The van der Waals surface area contributed by atoms with Gasteiger partial charge in [-0.25, -0.2) is 0 Å². The maximum Gasteiger partial charge on any atom is 0.491 e. The van der Waals surface area contributed by atoms with E-state index in [9.17, 15) is 0 Å². The number of aryl methyl sites for hydroxylation is 1. The van der Waals surface area contributed by atoms with Crippen LogP contribution in [0, 0.1) is 6.92 Å². The van der Waals surface area contributed by atoms with Gasteiger partial charge in [-0.05, 0) is 57.3 Å². The second kappa shape index (κ2) is 5.88. The lowest BCUT2D eigenvalue weighted by Gasteiger charge is -2.32. The van der Waals surface area contributed by atoms with Crippen molar-refractivity contribution in [1.82, 2.24) is 0 Å². The summed E-state index contributed by atoms with van der Waals surface area (Å²) in [4.78, 5) is 0. The third kappa shape index (κ3) is 3.42. The number of hydrogen-bond donors (Lipinski definition) is 1. The minimum Gasteiger partial charge on any atom is -0.400 e.